The van der Waals surface area contributed by atoms with Gasteiger partial charge in [0.05, 0.1) is 0 Å². The Labute approximate surface area is 132 Å². The van der Waals surface area contributed by atoms with Crippen molar-refractivity contribution >= 4 is 17.3 Å². The van der Waals surface area contributed by atoms with Gasteiger partial charge in [0, 0.05) is 23.6 Å². The smallest absolute Gasteiger partial charge is 0.274 e. The molecule has 4 nitrogen and oxygen atoms in total. The van der Waals surface area contributed by atoms with Crippen LogP contribution in [0.1, 0.15) is 43.2 Å². The van der Waals surface area contributed by atoms with Gasteiger partial charge in [0.15, 0.2) is 0 Å². The van der Waals surface area contributed by atoms with Crippen LogP contribution in [-0.2, 0) is 6.42 Å². The maximum absolute atomic E-state index is 12.4. The van der Waals surface area contributed by atoms with Crippen LogP contribution >= 0.6 is 0 Å². The summed E-state index contributed by atoms with van der Waals surface area (Å²) in [6.07, 6.45) is 3.55. The highest BCUT2D eigenvalue weighted by molar-refractivity contribution is 6.03. The fourth-order valence-corrected chi connectivity index (χ4v) is 2.17. The van der Waals surface area contributed by atoms with Crippen molar-refractivity contribution in [2.24, 2.45) is 0 Å². The van der Waals surface area contributed by atoms with E-state index in [1.807, 2.05) is 30.3 Å². The van der Waals surface area contributed by atoms with E-state index in [9.17, 15) is 4.79 Å². The van der Waals surface area contributed by atoms with Crippen LogP contribution < -0.4 is 10.6 Å². The van der Waals surface area contributed by atoms with E-state index in [1.54, 1.807) is 12.3 Å². The van der Waals surface area contributed by atoms with Gasteiger partial charge in [-0.25, -0.2) is 0 Å². The third kappa shape index (κ3) is 4.07. The molecule has 1 atom stereocenters. The quantitative estimate of drug-likeness (QED) is 0.843. The summed E-state index contributed by atoms with van der Waals surface area (Å²) in [5.74, 6) is -0.186. The van der Waals surface area contributed by atoms with E-state index >= 15 is 0 Å². The van der Waals surface area contributed by atoms with Crippen LogP contribution in [0.25, 0.3) is 0 Å². The molecule has 0 saturated carbocycles. The highest BCUT2D eigenvalue weighted by Gasteiger charge is 2.10. The number of amides is 1. The van der Waals surface area contributed by atoms with Crippen LogP contribution in [0.2, 0.25) is 0 Å². The van der Waals surface area contributed by atoms with Crippen molar-refractivity contribution in [2.45, 2.75) is 39.7 Å². The Morgan fingerprint density at radius 3 is 2.73 bits per heavy atom. The summed E-state index contributed by atoms with van der Waals surface area (Å²) in [6, 6.07) is 11.9. The highest BCUT2D eigenvalue weighted by Crippen LogP contribution is 2.17. The van der Waals surface area contributed by atoms with E-state index in [-0.39, 0.29) is 5.91 Å². The highest BCUT2D eigenvalue weighted by atomic mass is 16.1. The van der Waals surface area contributed by atoms with Gasteiger partial charge in [0.25, 0.3) is 5.91 Å². The largest absolute Gasteiger partial charge is 0.382 e. The Morgan fingerprint density at radius 2 is 2.00 bits per heavy atom. The summed E-state index contributed by atoms with van der Waals surface area (Å²) in [6.45, 7) is 6.30. The molecule has 0 saturated heterocycles. The molecule has 0 fully saturated rings. The van der Waals surface area contributed by atoms with Gasteiger partial charge >= 0.3 is 0 Å². The Balaban J connectivity index is 2.14. The molecular weight excluding hydrogens is 274 g/mol. The van der Waals surface area contributed by atoms with Crippen LogP contribution in [0.5, 0.6) is 0 Å². The topological polar surface area (TPSA) is 54.0 Å². The van der Waals surface area contributed by atoms with Crippen LogP contribution in [0, 0.1) is 0 Å². The summed E-state index contributed by atoms with van der Waals surface area (Å²) < 4.78 is 0. The SMILES string of the molecule is CCc1ccccc1NC(=O)c1cc(NC(C)CC)ccn1. The first-order valence-corrected chi connectivity index (χ1v) is 7.75. The first kappa shape index (κ1) is 16.0. The summed E-state index contributed by atoms with van der Waals surface area (Å²) in [5.41, 5.74) is 3.29. The number of carbonyl (C=O) groups is 1. The zero-order valence-electron chi connectivity index (χ0n) is 13.4. The van der Waals surface area contributed by atoms with Gasteiger partial charge in [0.1, 0.15) is 5.69 Å². The number of rotatable bonds is 6. The summed E-state index contributed by atoms with van der Waals surface area (Å²) >= 11 is 0. The van der Waals surface area contributed by atoms with Crippen molar-refractivity contribution in [2.75, 3.05) is 10.6 Å². The average molecular weight is 297 g/mol. The van der Waals surface area contributed by atoms with Gasteiger partial charge < -0.3 is 10.6 Å². The number of anilines is 2. The van der Waals surface area contributed by atoms with Gasteiger partial charge in [0.2, 0.25) is 0 Å². The third-order valence-corrected chi connectivity index (χ3v) is 3.66. The third-order valence-electron chi connectivity index (χ3n) is 3.66. The van der Waals surface area contributed by atoms with Crippen molar-refractivity contribution in [1.82, 2.24) is 4.98 Å². The molecule has 1 heterocycles. The predicted octanol–water partition coefficient (Wildman–Crippen LogP) is 4.11. The van der Waals surface area contributed by atoms with E-state index < -0.39 is 0 Å². The second-order valence-electron chi connectivity index (χ2n) is 5.35. The van der Waals surface area contributed by atoms with E-state index in [4.69, 9.17) is 0 Å². The molecule has 0 radical (unpaired) electrons. The van der Waals surface area contributed by atoms with Crippen molar-refractivity contribution in [3.05, 3.63) is 53.9 Å². The number of para-hydroxylation sites is 1. The Morgan fingerprint density at radius 1 is 1.23 bits per heavy atom. The zero-order chi connectivity index (χ0) is 15.9. The summed E-state index contributed by atoms with van der Waals surface area (Å²) in [7, 11) is 0. The molecule has 4 heteroatoms. The minimum Gasteiger partial charge on any atom is -0.382 e. The van der Waals surface area contributed by atoms with Gasteiger partial charge in [-0.05, 0) is 43.5 Å². The molecule has 0 bridgehead atoms. The van der Waals surface area contributed by atoms with Crippen molar-refractivity contribution in [3.8, 4) is 0 Å². The molecule has 22 heavy (non-hydrogen) atoms. The Bertz CT molecular complexity index is 640. The molecule has 1 unspecified atom stereocenters. The fourth-order valence-electron chi connectivity index (χ4n) is 2.17. The number of aromatic nitrogens is 1. The van der Waals surface area contributed by atoms with Crippen molar-refractivity contribution in [1.29, 1.82) is 0 Å². The van der Waals surface area contributed by atoms with Crippen LogP contribution in [0.3, 0.4) is 0 Å². The van der Waals surface area contributed by atoms with Crippen molar-refractivity contribution < 1.29 is 4.79 Å². The predicted molar refractivity (Wildman–Crippen MR) is 91.4 cm³/mol. The van der Waals surface area contributed by atoms with Crippen LogP contribution in [-0.4, -0.2) is 16.9 Å². The first-order valence-electron chi connectivity index (χ1n) is 7.75. The Hall–Kier alpha value is -2.36. The number of aryl methyl sites for hydroxylation is 1. The maximum atomic E-state index is 12.4. The lowest BCUT2D eigenvalue weighted by atomic mass is 10.1. The molecule has 2 N–H and O–H groups in total. The molecular formula is C18H23N3O. The Kier molecular flexibility index (Phi) is 5.53. The van der Waals surface area contributed by atoms with Crippen LogP contribution in [0.4, 0.5) is 11.4 Å². The second kappa shape index (κ2) is 7.59. The first-order chi connectivity index (χ1) is 10.6. The molecule has 0 spiro atoms. The number of nitrogens with one attached hydrogen (secondary N) is 2. The van der Waals surface area contributed by atoms with Gasteiger partial charge in [-0.2, -0.15) is 0 Å². The maximum Gasteiger partial charge on any atom is 0.274 e. The number of carbonyl (C=O) groups excluding carboxylic acids is 1. The van der Waals surface area contributed by atoms with E-state index in [1.165, 1.54) is 0 Å². The second-order valence-corrected chi connectivity index (χ2v) is 5.35. The molecule has 0 aliphatic heterocycles. The monoisotopic (exact) mass is 297 g/mol. The normalized spacial score (nSPS) is 11.8. The molecule has 116 valence electrons. The lowest BCUT2D eigenvalue weighted by Crippen LogP contribution is -2.17. The van der Waals surface area contributed by atoms with Gasteiger partial charge in [-0.15, -0.1) is 0 Å². The minimum absolute atomic E-state index is 0.186. The van der Waals surface area contributed by atoms with E-state index in [2.05, 4.69) is 36.4 Å². The number of hydrogen-bond donors (Lipinski definition) is 2. The van der Waals surface area contributed by atoms with E-state index in [0.717, 1.165) is 29.8 Å². The standard InChI is InChI=1S/C18H23N3O/c1-4-13(3)20-15-10-11-19-17(12-15)18(22)21-16-9-7-6-8-14(16)5-2/h6-13H,4-5H2,1-3H3,(H,19,20)(H,21,22). The van der Waals surface area contributed by atoms with Gasteiger partial charge in [-0.1, -0.05) is 32.0 Å². The minimum atomic E-state index is -0.186. The molecule has 2 aromatic rings. The fraction of sp³-hybridized carbons (Fsp3) is 0.333. The zero-order valence-corrected chi connectivity index (χ0v) is 13.4. The molecule has 1 amide bonds. The lowest BCUT2D eigenvalue weighted by molar-refractivity contribution is 0.102. The molecule has 0 aliphatic carbocycles. The molecule has 2 rings (SSSR count). The number of nitrogens with zero attached hydrogens (tertiary/aromatic N) is 1. The van der Waals surface area contributed by atoms with Crippen molar-refractivity contribution in [3.63, 3.8) is 0 Å². The average Bonchev–Trinajstić information content (AvgIpc) is 2.55. The molecule has 0 aliphatic rings. The molecule has 1 aromatic heterocycles. The van der Waals surface area contributed by atoms with E-state index in [0.29, 0.717) is 11.7 Å². The number of benzene rings is 1. The summed E-state index contributed by atoms with van der Waals surface area (Å²) in [5, 5.41) is 6.30. The molecule has 1 aromatic carbocycles. The summed E-state index contributed by atoms with van der Waals surface area (Å²) in [4.78, 5) is 16.6. The lowest BCUT2D eigenvalue weighted by Gasteiger charge is -2.14. The van der Waals surface area contributed by atoms with Gasteiger partial charge in [-0.3, -0.25) is 9.78 Å². The van der Waals surface area contributed by atoms with Crippen LogP contribution in [0.15, 0.2) is 42.6 Å². The number of hydrogen-bond acceptors (Lipinski definition) is 3. The number of pyridine rings is 1.